The van der Waals surface area contributed by atoms with Crippen molar-refractivity contribution in [1.29, 1.82) is 0 Å². The van der Waals surface area contributed by atoms with Crippen LogP contribution in [0.15, 0.2) is 60.7 Å². The Hall–Kier alpha value is -2.56. The number of ether oxygens (including phenoxy) is 2. The summed E-state index contributed by atoms with van der Waals surface area (Å²) in [5, 5.41) is 0. The van der Waals surface area contributed by atoms with Crippen LogP contribution in [0.25, 0.3) is 0 Å². The molecule has 0 radical (unpaired) electrons. The van der Waals surface area contributed by atoms with Gasteiger partial charge < -0.3 is 9.47 Å². The van der Waals surface area contributed by atoms with Gasteiger partial charge in [-0.25, -0.2) is 9.59 Å². The third-order valence-corrected chi connectivity index (χ3v) is 4.57. The summed E-state index contributed by atoms with van der Waals surface area (Å²) in [5.74, 6) is -0.184. The molecule has 0 saturated heterocycles. The summed E-state index contributed by atoms with van der Waals surface area (Å²) in [6.07, 6.45) is 1.47. The molecule has 5 heteroatoms. The number of carbonyl (C=O) groups excluding carboxylic acids is 2. The van der Waals surface area contributed by atoms with E-state index in [1.807, 2.05) is 24.3 Å². The zero-order chi connectivity index (χ0) is 17.6. The number of benzene rings is 2. The molecule has 0 spiro atoms. The predicted molar refractivity (Wildman–Crippen MR) is 97.4 cm³/mol. The van der Waals surface area contributed by atoms with Gasteiger partial charge in [0.25, 0.3) is 0 Å². The zero-order valence-corrected chi connectivity index (χ0v) is 14.3. The van der Waals surface area contributed by atoms with Gasteiger partial charge in [-0.15, -0.1) is 0 Å². The first-order valence-corrected chi connectivity index (χ1v) is 8.61. The molecule has 1 aliphatic rings. The fourth-order valence-electron chi connectivity index (χ4n) is 3.29. The fourth-order valence-corrected chi connectivity index (χ4v) is 3.29. The van der Waals surface area contributed by atoms with Crippen molar-refractivity contribution in [2.24, 2.45) is 5.92 Å². The van der Waals surface area contributed by atoms with Gasteiger partial charge in [0.15, 0.2) is 0 Å². The molecule has 4 nitrogen and oxygen atoms in total. The van der Waals surface area contributed by atoms with Gasteiger partial charge in [0.2, 0.25) is 0 Å². The molecule has 25 heavy (non-hydrogen) atoms. The summed E-state index contributed by atoms with van der Waals surface area (Å²) < 4.78 is 11.1. The van der Waals surface area contributed by atoms with Gasteiger partial charge >= 0.3 is 11.9 Å². The van der Waals surface area contributed by atoms with Crippen LogP contribution in [-0.4, -0.2) is 32.5 Å². The van der Waals surface area contributed by atoms with E-state index in [1.54, 1.807) is 36.4 Å². The van der Waals surface area contributed by atoms with Crippen molar-refractivity contribution in [2.45, 2.75) is 24.8 Å². The van der Waals surface area contributed by atoms with Gasteiger partial charge in [-0.1, -0.05) is 42.2 Å². The highest BCUT2D eigenvalue weighted by atomic mass is 16.6. The summed E-state index contributed by atoms with van der Waals surface area (Å²) in [6.45, 7) is 0.269. The maximum atomic E-state index is 12.3. The van der Waals surface area contributed by atoms with Crippen LogP contribution in [0, 0.1) is 5.92 Å². The van der Waals surface area contributed by atoms with Gasteiger partial charge in [-0.2, -0.15) is 0 Å². The molecule has 1 saturated carbocycles. The van der Waals surface area contributed by atoms with Gasteiger partial charge in [-0.05, 0) is 37.1 Å². The van der Waals surface area contributed by atoms with Crippen molar-refractivity contribution in [3.05, 3.63) is 71.8 Å². The van der Waals surface area contributed by atoms with E-state index in [0.717, 1.165) is 12.8 Å². The van der Waals surface area contributed by atoms with Crippen molar-refractivity contribution in [3.8, 4) is 0 Å². The topological polar surface area (TPSA) is 52.6 Å². The summed E-state index contributed by atoms with van der Waals surface area (Å²) in [5.41, 5.74) is 1.08. The smallest absolute Gasteiger partial charge is 0.338 e. The molecule has 0 N–H and O–H groups in total. The Morgan fingerprint density at radius 2 is 1.44 bits per heavy atom. The standard InChI is InChI=1S/C20H21BO4/c21-17-11-16(13-24-19(22)14-7-3-1-4-8-14)18(12-17)25-20(23)15-9-5-2-6-10-15/h1-10,16-18H,11-13,21H2. The van der Waals surface area contributed by atoms with Crippen molar-refractivity contribution in [3.63, 3.8) is 0 Å². The van der Waals surface area contributed by atoms with E-state index in [9.17, 15) is 9.59 Å². The monoisotopic (exact) mass is 336 g/mol. The Balaban J connectivity index is 1.58. The molecule has 2 aromatic carbocycles. The lowest BCUT2D eigenvalue weighted by Gasteiger charge is -2.20. The quantitative estimate of drug-likeness (QED) is 0.622. The molecule has 0 bridgehead atoms. The minimum absolute atomic E-state index is 0.0373. The Morgan fingerprint density at radius 1 is 0.880 bits per heavy atom. The highest BCUT2D eigenvalue weighted by Gasteiger charge is 2.35. The average Bonchev–Trinajstić information content (AvgIpc) is 3.00. The SMILES string of the molecule is BC1CC(COC(=O)c2ccccc2)C(OC(=O)c2ccccc2)C1. The predicted octanol–water partition coefficient (Wildman–Crippen LogP) is 2.90. The fraction of sp³-hybridized carbons (Fsp3) is 0.300. The minimum Gasteiger partial charge on any atom is -0.462 e. The highest BCUT2D eigenvalue weighted by Crippen LogP contribution is 2.36. The van der Waals surface area contributed by atoms with E-state index in [1.165, 1.54) is 0 Å². The number of rotatable bonds is 5. The summed E-state index contributed by atoms with van der Waals surface area (Å²) in [7, 11) is 2.13. The molecule has 0 heterocycles. The normalized spacial score (nSPS) is 22.3. The second kappa shape index (κ2) is 8.01. The highest BCUT2D eigenvalue weighted by molar-refractivity contribution is 6.11. The first-order valence-electron chi connectivity index (χ1n) is 8.61. The van der Waals surface area contributed by atoms with E-state index >= 15 is 0 Å². The largest absolute Gasteiger partial charge is 0.462 e. The molecule has 1 fully saturated rings. The number of esters is 2. The van der Waals surface area contributed by atoms with E-state index in [-0.39, 0.29) is 30.6 Å². The van der Waals surface area contributed by atoms with Gasteiger partial charge in [0.05, 0.1) is 17.7 Å². The molecule has 3 atom stereocenters. The third kappa shape index (κ3) is 4.50. The molecular weight excluding hydrogens is 315 g/mol. The van der Waals surface area contributed by atoms with Crippen LogP contribution in [0.3, 0.4) is 0 Å². The molecule has 3 unspecified atom stereocenters. The van der Waals surface area contributed by atoms with E-state index in [0.29, 0.717) is 16.9 Å². The summed E-state index contributed by atoms with van der Waals surface area (Å²) in [6, 6.07) is 17.9. The lowest BCUT2D eigenvalue weighted by molar-refractivity contribution is 0.00490. The number of carbonyl (C=O) groups is 2. The van der Waals surface area contributed by atoms with Crippen LogP contribution >= 0.6 is 0 Å². The van der Waals surface area contributed by atoms with Crippen molar-refractivity contribution >= 4 is 19.8 Å². The second-order valence-corrected chi connectivity index (χ2v) is 6.61. The van der Waals surface area contributed by atoms with Crippen LogP contribution in [-0.2, 0) is 9.47 Å². The molecule has 2 aromatic rings. The van der Waals surface area contributed by atoms with Gasteiger partial charge in [0.1, 0.15) is 14.0 Å². The lowest BCUT2D eigenvalue weighted by Crippen LogP contribution is -2.26. The third-order valence-electron chi connectivity index (χ3n) is 4.57. The minimum atomic E-state index is -0.340. The molecular formula is C20H21BO4. The average molecular weight is 336 g/mol. The second-order valence-electron chi connectivity index (χ2n) is 6.61. The Bertz CT molecular complexity index is 717. The van der Waals surface area contributed by atoms with Crippen LogP contribution in [0.2, 0.25) is 5.82 Å². The van der Waals surface area contributed by atoms with E-state index < -0.39 is 0 Å². The number of hydrogen-bond donors (Lipinski definition) is 0. The molecule has 0 aliphatic heterocycles. The zero-order valence-electron chi connectivity index (χ0n) is 14.3. The van der Waals surface area contributed by atoms with Gasteiger partial charge in [0, 0.05) is 5.92 Å². The lowest BCUT2D eigenvalue weighted by atomic mass is 9.85. The van der Waals surface area contributed by atoms with Crippen LogP contribution in [0.1, 0.15) is 33.6 Å². The summed E-state index contributed by atoms with van der Waals surface area (Å²) >= 11 is 0. The Kier molecular flexibility index (Phi) is 5.54. The Labute approximate surface area is 148 Å². The van der Waals surface area contributed by atoms with Crippen LogP contribution < -0.4 is 0 Å². The van der Waals surface area contributed by atoms with Crippen molar-refractivity contribution in [2.75, 3.05) is 6.61 Å². The van der Waals surface area contributed by atoms with Crippen LogP contribution in [0.4, 0.5) is 0 Å². The molecule has 0 amide bonds. The van der Waals surface area contributed by atoms with Crippen LogP contribution in [0.5, 0.6) is 0 Å². The maximum absolute atomic E-state index is 12.3. The maximum Gasteiger partial charge on any atom is 0.338 e. The molecule has 1 aliphatic carbocycles. The summed E-state index contributed by atoms with van der Waals surface area (Å²) in [4.78, 5) is 24.4. The van der Waals surface area contributed by atoms with E-state index in [2.05, 4.69) is 7.85 Å². The molecule has 128 valence electrons. The van der Waals surface area contributed by atoms with E-state index in [4.69, 9.17) is 9.47 Å². The van der Waals surface area contributed by atoms with Crippen molar-refractivity contribution in [1.82, 2.24) is 0 Å². The Morgan fingerprint density at radius 3 is 2.04 bits per heavy atom. The molecule has 3 rings (SSSR count). The van der Waals surface area contributed by atoms with Gasteiger partial charge in [-0.3, -0.25) is 0 Å². The first kappa shape index (κ1) is 17.3. The molecule has 0 aromatic heterocycles. The number of hydrogen-bond acceptors (Lipinski definition) is 4. The first-order chi connectivity index (χ1) is 12.1. The van der Waals surface area contributed by atoms with Crippen molar-refractivity contribution < 1.29 is 19.1 Å².